The van der Waals surface area contributed by atoms with Gasteiger partial charge in [0.1, 0.15) is 0 Å². The predicted molar refractivity (Wildman–Crippen MR) is 71.0 cm³/mol. The fourth-order valence-corrected chi connectivity index (χ4v) is 2.97. The van der Waals surface area contributed by atoms with Crippen molar-refractivity contribution in [2.24, 2.45) is 5.92 Å². The second-order valence-corrected chi connectivity index (χ2v) is 5.29. The summed E-state index contributed by atoms with van der Waals surface area (Å²) < 4.78 is 0. The van der Waals surface area contributed by atoms with Crippen LogP contribution in [0, 0.1) is 12.8 Å². The normalized spacial score (nSPS) is 29.2. The van der Waals surface area contributed by atoms with Crippen LogP contribution < -0.4 is 5.32 Å². The van der Waals surface area contributed by atoms with Crippen LogP contribution in [0.25, 0.3) is 0 Å². The van der Waals surface area contributed by atoms with Gasteiger partial charge in [0.15, 0.2) is 0 Å². The zero-order valence-corrected chi connectivity index (χ0v) is 10.9. The summed E-state index contributed by atoms with van der Waals surface area (Å²) in [5.41, 5.74) is 1.70. The Kier molecular flexibility index (Phi) is 3.85. The van der Waals surface area contributed by atoms with Crippen LogP contribution in [-0.4, -0.2) is 18.7 Å². The molecule has 0 spiro atoms. The second-order valence-electron chi connectivity index (χ2n) is 5.29. The molecule has 0 bridgehead atoms. The molecule has 2 heteroatoms. The lowest BCUT2D eigenvalue weighted by Crippen LogP contribution is -2.42. The Morgan fingerprint density at radius 2 is 2.00 bits per heavy atom. The molecule has 1 aliphatic rings. The van der Waals surface area contributed by atoms with Gasteiger partial charge in [0.2, 0.25) is 0 Å². The number of hydrogen-bond acceptors (Lipinski definition) is 2. The van der Waals surface area contributed by atoms with Gasteiger partial charge >= 0.3 is 0 Å². The predicted octanol–water partition coefficient (Wildman–Crippen LogP) is 2.59. The molecule has 0 amide bonds. The van der Waals surface area contributed by atoms with Gasteiger partial charge in [0.25, 0.3) is 0 Å². The van der Waals surface area contributed by atoms with Crippen molar-refractivity contribution in [3.8, 4) is 0 Å². The molecule has 1 aliphatic carbocycles. The highest BCUT2D eigenvalue weighted by Gasteiger charge is 2.39. The van der Waals surface area contributed by atoms with Gasteiger partial charge in [-0.05, 0) is 32.4 Å². The molecule has 1 fully saturated rings. The highest BCUT2D eigenvalue weighted by molar-refractivity contribution is 5.27. The van der Waals surface area contributed by atoms with Crippen molar-refractivity contribution >= 4 is 0 Å². The second kappa shape index (κ2) is 5.19. The molecule has 1 saturated carbocycles. The molecule has 0 aromatic heterocycles. The molecule has 1 aromatic rings. The van der Waals surface area contributed by atoms with E-state index in [1.807, 2.05) is 7.05 Å². The van der Waals surface area contributed by atoms with Crippen molar-refractivity contribution in [3.05, 3.63) is 35.4 Å². The highest BCUT2D eigenvalue weighted by Crippen LogP contribution is 2.41. The van der Waals surface area contributed by atoms with Crippen LogP contribution >= 0.6 is 0 Å². The maximum absolute atomic E-state index is 11.0. The van der Waals surface area contributed by atoms with E-state index in [0.29, 0.717) is 5.92 Å². The van der Waals surface area contributed by atoms with E-state index in [4.69, 9.17) is 0 Å². The van der Waals surface area contributed by atoms with Crippen LogP contribution in [0.5, 0.6) is 0 Å². The maximum Gasteiger partial charge on any atom is 0.0936 e. The quantitative estimate of drug-likeness (QED) is 0.841. The lowest BCUT2D eigenvalue weighted by Gasteiger charge is -2.40. The summed E-state index contributed by atoms with van der Waals surface area (Å²) in [6.45, 7) is 2.98. The van der Waals surface area contributed by atoms with E-state index in [0.717, 1.165) is 31.4 Å². The number of aryl methyl sites for hydroxylation is 1. The number of nitrogens with one attached hydrogen (secondary N) is 1. The minimum Gasteiger partial charge on any atom is -0.385 e. The first kappa shape index (κ1) is 12.6. The van der Waals surface area contributed by atoms with Gasteiger partial charge < -0.3 is 10.4 Å². The molecule has 0 saturated heterocycles. The molecule has 0 heterocycles. The van der Waals surface area contributed by atoms with Crippen LogP contribution in [0.1, 0.15) is 36.8 Å². The van der Waals surface area contributed by atoms with E-state index in [1.165, 1.54) is 12.0 Å². The number of aliphatic hydroxyl groups is 1. The first-order chi connectivity index (χ1) is 8.16. The van der Waals surface area contributed by atoms with Crippen molar-refractivity contribution in [1.82, 2.24) is 5.32 Å². The van der Waals surface area contributed by atoms with E-state index in [1.54, 1.807) is 0 Å². The number of hydrogen-bond donors (Lipinski definition) is 2. The molecule has 1 aromatic carbocycles. The van der Waals surface area contributed by atoms with Gasteiger partial charge in [0, 0.05) is 12.5 Å². The first-order valence-corrected chi connectivity index (χ1v) is 6.61. The Balaban J connectivity index is 2.27. The van der Waals surface area contributed by atoms with E-state index in [9.17, 15) is 5.11 Å². The summed E-state index contributed by atoms with van der Waals surface area (Å²) in [6.07, 6.45) is 4.37. The molecule has 0 radical (unpaired) electrons. The van der Waals surface area contributed by atoms with E-state index in [-0.39, 0.29) is 0 Å². The van der Waals surface area contributed by atoms with Gasteiger partial charge in [-0.1, -0.05) is 42.7 Å². The minimum atomic E-state index is -0.630. The molecule has 2 N–H and O–H groups in total. The standard InChI is InChI=1S/C15H23NO/c1-12-6-8-13(9-7-12)15(17)10-4-3-5-14(15)11-16-2/h6-9,14,16-17H,3-5,10-11H2,1-2H3. The van der Waals surface area contributed by atoms with Crippen LogP contribution in [0.4, 0.5) is 0 Å². The third-order valence-corrected chi connectivity index (χ3v) is 4.04. The summed E-state index contributed by atoms with van der Waals surface area (Å²) in [6, 6.07) is 8.36. The Bertz CT molecular complexity index is 358. The van der Waals surface area contributed by atoms with Crippen molar-refractivity contribution in [1.29, 1.82) is 0 Å². The molecule has 0 aliphatic heterocycles. The Hall–Kier alpha value is -0.860. The third kappa shape index (κ3) is 2.53. The average molecular weight is 233 g/mol. The van der Waals surface area contributed by atoms with Crippen LogP contribution in [-0.2, 0) is 5.60 Å². The third-order valence-electron chi connectivity index (χ3n) is 4.04. The van der Waals surface area contributed by atoms with E-state index < -0.39 is 5.60 Å². The fourth-order valence-electron chi connectivity index (χ4n) is 2.97. The first-order valence-electron chi connectivity index (χ1n) is 6.61. The Labute approximate surface area is 104 Å². The van der Waals surface area contributed by atoms with Crippen LogP contribution in [0.3, 0.4) is 0 Å². The van der Waals surface area contributed by atoms with Crippen molar-refractivity contribution < 1.29 is 5.11 Å². The van der Waals surface area contributed by atoms with Gasteiger partial charge in [-0.3, -0.25) is 0 Å². The van der Waals surface area contributed by atoms with Gasteiger partial charge in [0.05, 0.1) is 5.60 Å². The molecule has 94 valence electrons. The monoisotopic (exact) mass is 233 g/mol. The largest absolute Gasteiger partial charge is 0.385 e. The topological polar surface area (TPSA) is 32.3 Å². The SMILES string of the molecule is CNCC1CCCCC1(O)c1ccc(C)cc1. The van der Waals surface area contributed by atoms with Crippen LogP contribution in [0.2, 0.25) is 0 Å². The minimum absolute atomic E-state index is 0.337. The van der Waals surface area contributed by atoms with E-state index >= 15 is 0 Å². The van der Waals surface area contributed by atoms with Crippen molar-refractivity contribution in [2.45, 2.75) is 38.2 Å². The lowest BCUT2D eigenvalue weighted by molar-refractivity contribution is -0.0530. The Morgan fingerprint density at radius 1 is 1.29 bits per heavy atom. The molecule has 2 atom stereocenters. The maximum atomic E-state index is 11.0. The van der Waals surface area contributed by atoms with Gasteiger partial charge in [-0.2, -0.15) is 0 Å². The van der Waals surface area contributed by atoms with Gasteiger partial charge in [-0.25, -0.2) is 0 Å². The molecule has 2 nitrogen and oxygen atoms in total. The summed E-state index contributed by atoms with van der Waals surface area (Å²) >= 11 is 0. The molecular formula is C15H23NO. The number of rotatable bonds is 3. The zero-order chi connectivity index (χ0) is 12.3. The lowest BCUT2D eigenvalue weighted by atomic mass is 9.71. The average Bonchev–Trinajstić information content (AvgIpc) is 2.33. The highest BCUT2D eigenvalue weighted by atomic mass is 16.3. The summed E-state index contributed by atoms with van der Waals surface area (Å²) in [5.74, 6) is 0.337. The van der Waals surface area contributed by atoms with E-state index in [2.05, 4.69) is 36.5 Å². The van der Waals surface area contributed by atoms with Gasteiger partial charge in [-0.15, -0.1) is 0 Å². The number of benzene rings is 1. The van der Waals surface area contributed by atoms with Crippen molar-refractivity contribution in [3.63, 3.8) is 0 Å². The summed E-state index contributed by atoms with van der Waals surface area (Å²) in [7, 11) is 1.96. The molecule has 17 heavy (non-hydrogen) atoms. The zero-order valence-electron chi connectivity index (χ0n) is 10.9. The smallest absolute Gasteiger partial charge is 0.0936 e. The summed E-state index contributed by atoms with van der Waals surface area (Å²) in [5, 5.41) is 14.2. The molecule has 2 rings (SSSR count). The summed E-state index contributed by atoms with van der Waals surface area (Å²) in [4.78, 5) is 0. The molecular weight excluding hydrogens is 210 g/mol. The Morgan fingerprint density at radius 3 is 2.65 bits per heavy atom. The van der Waals surface area contributed by atoms with Crippen LogP contribution in [0.15, 0.2) is 24.3 Å². The molecule has 2 unspecified atom stereocenters. The fraction of sp³-hybridized carbons (Fsp3) is 0.600. The van der Waals surface area contributed by atoms with Crippen molar-refractivity contribution in [2.75, 3.05) is 13.6 Å².